The van der Waals surface area contributed by atoms with Crippen molar-refractivity contribution < 1.29 is 4.79 Å². The van der Waals surface area contributed by atoms with Crippen LogP contribution >= 0.6 is 12.4 Å². The Bertz CT molecular complexity index is 694. The Morgan fingerprint density at radius 3 is 2.52 bits per heavy atom. The number of nitrogens with zero attached hydrogens (tertiary/aromatic N) is 2. The number of anilines is 1. The van der Waals surface area contributed by atoms with Gasteiger partial charge in [0.2, 0.25) is 5.91 Å². The summed E-state index contributed by atoms with van der Waals surface area (Å²) >= 11 is 0. The van der Waals surface area contributed by atoms with E-state index in [1.54, 1.807) is 6.20 Å². The van der Waals surface area contributed by atoms with Gasteiger partial charge in [-0.3, -0.25) is 4.79 Å². The van der Waals surface area contributed by atoms with Crippen LogP contribution in [0.4, 0.5) is 5.69 Å². The van der Waals surface area contributed by atoms with Crippen molar-refractivity contribution in [3.8, 4) is 5.69 Å². The van der Waals surface area contributed by atoms with Crippen LogP contribution in [0.1, 0.15) is 30.7 Å². The number of nitrogens with two attached hydrogens (primary N) is 1. The first-order valence-electron chi connectivity index (χ1n) is 7.50. The molecule has 0 bridgehead atoms. The van der Waals surface area contributed by atoms with Gasteiger partial charge in [0, 0.05) is 0 Å². The van der Waals surface area contributed by atoms with E-state index in [0.29, 0.717) is 5.69 Å². The molecule has 126 valence electrons. The van der Waals surface area contributed by atoms with Crippen LogP contribution in [0.5, 0.6) is 0 Å². The van der Waals surface area contributed by atoms with Gasteiger partial charge in [-0.1, -0.05) is 26.0 Å². The van der Waals surface area contributed by atoms with Gasteiger partial charge in [-0.2, -0.15) is 5.10 Å². The first-order valence-corrected chi connectivity index (χ1v) is 7.50. The van der Waals surface area contributed by atoms with Crippen LogP contribution in [0.3, 0.4) is 0 Å². The number of amides is 1. The van der Waals surface area contributed by atoms with E-state index in [9.17, 15) is 4.79 Å². The Morgan fingerprint density at radius 2 is 1.91 bits per heavy atom. The van der Waals surface area contributed by atoms with Crippen molar-refractivity contribution in [2.24, 2.45) is 11.7 Å². The van der Waals surface area contributed by atoms with Crippen LogP contribution in [0.15, 0.2) is 24.4 Å². The maximum absolute atomic E-state index is 12.1. The zero-order chi connectivity index (χ0) is 16.4. The van der Waals surface area contributed by atoms with Crippen molar-refractivity contribution in [3.63, 3.8) is 0 Å². The molecule has 2 aromatic rings. The molecule has 0 spiro atoms. The Kier molecular flexibility index (Phi) is 6.36. The molecule has 23 heavy (non-hydrogen) atoms. The lowest BCUT2D eigenvalue weighted by atomic mass is 10.1. The molecule has 0 fully saturated rings. The third-order valence-corrected chi connectivity index (χ3v) is 3.88. The summed E-state index contributed by atoms with van der Waals surface area (Å²) < 4.78 is 1.85. The standard InChI is InChI=1S/C17H24N4O.ClH/c1-10(2)16(18)17(22)20-14-9-19-21(13(14)5)15-8-11(3)6-7-12(15)4;/h6-10,16H,18H2,1-5H3,(H,20,22);1H/t16-;/m0./s1. The van der Waals surface area contributed by atoms with E-state index >= 15 is 0 Å². The Hall–Kier alpha value is -1.85. The molecule has 0 unspecified atom stereocenters. The van der Waals surface area contributed by atoms with E-state index in [1.165, 1.54) is 5.56 Å². The molecular weight excluding hydrogens is 312 g/mol. The van der Waals surface area contributed by atoms with Crippen LogP contribution in [0.2, 0.25) is 0 Å². The van der Waals surface area contributed by atoms with Crippen LogP contribution in [-0.4, -0.2) is 21.7 Å². The molecule has 0 aliphatic carbocycles. The number of carbonyl (C=O) groups excluding carboxylic acids is 1. The smallest absolute Gasteiger partial charge is 0.241 e. The number of rotatable bonds is 4. The summed E-state index contributed by atoms with van der Waals surface area (Å²) in [4.78, 5) is 12.1. The largest absolute Gasteiger partial charge is 0.322 e. The number of benzene rings is 1. The van der Waals surface area contributed by atoms with Crippen LogP contribution < -0.4 is 11.1 Å². The fourth-order valence-electron chi connectivity index (χ4n) is 2.24. The summed E-state index contributed by atoms with van der Waals surface area (Å²) in [6, 6.07) is 5.70. The minimum Gasteiger partial charge on any atom is -0.322 e. The summed E-state index contributed by atoms with van der Waals surface area (Å²) in [6.45, 7) is 9.88. The summed E-state index contributed by atoms with van der Waals surface area (Å²) in [7, 11) is 0. The second-order valence-corrected chi connectivity index (χ2v) is 6.10. The van der Waals surface area contributed by atoms with E-state index in [1.807, 2.05) is 39.3 Å². The highest BCUT2D eigenvalue weighted by molar-refractivity contribution is 5.95. The van der Waals surface area contributed by atoms with Crippen LogP contribution in [-0.2, 0) is 4.79 Å². The van der Waals surface area contributed by atoms with Gasteiger partial charge in [-0.05, 0) is 43.9 Å². The maximum atomic E-state index is 12.1. The Labute approximate surface area is 143 Å². The highest BCUT2D eigenvalue weighted by atomic mass is 35.5. The first kappa shape index (κ1) is 19.2. The third kappa shape index (κ3) is 4.12. The summed E-state index contributed by atoms with van der Waals surface area (Å²) in [5.74, 6) is -0.0898. The normalized spacial score (nSPS) is 12.0. The monoisotopic (exact) mass is 336 g/mol. The molecule has 2 rings (SSSR count). The lowest BCUT2D eigenvalue weighted by Gasteiger charge is -2.15. The predicted molar refractivity (Wildman–Crippen MR) is 96.5 cm³/mol. The Balaban J connectivity index is 0.00000264. The zero-order valence-electron chi connectivity index (χ0n) is 14.3. The van der Waals surface area contributed by atoms with E-state index in [4.69, 9.17) is 5.73 Å². The fraction of sp³-hybridized carbons (Fsp3) is 0.412. The molecule has 1 amide bonds. The first-order chi connectivity index (χ1) is 10.3. The van der Waals surface area contributed by atoms with Gasteiger partial charge in [-0.25, -0.2) is 4.68 Å². The molecule has 1 aromatic heterocycles. The van der Waals surface area contributed by atoms with Crippen molar-refractivity contribution in [2.75, 3.05) is 5.32 Å². The molecule has 0 aliphatic rings. The van der Waals surface area contributed by atoms with Crippen molar-refractivity contribution in [1.29, 1.82) is 0 Å². The molecule has 0 aliphatic heterocycles. The average Bonchev–Trinajstić information content (AvgIpc) is 2.81. The average molecular weight is 337 g/mol. The van der Waals surface area contributed by atoms with E-state index in [2.05, 4.69) is 28.6 Å². The van der Waals surface area contributed by atoms with Crippen LogP contribution in [0.25, 0.3) is 5.69 Å². The summed E-state index contributed by atoms with van der Waals surface area (Å²) in [6.07, 6.45) is 1.67. The SMILES string of the molecule is Cc1ccc(C)c(-n2ncc(NC(=O)[C@@H](N)C(C)C)c2C)c1.Cl. The number of aryl methyl sites for hydroxylation is 2. The van der Waals surface area contributed by atoms with Gasteiger partial charge in [0.15, 0.2) is 0 Å². The lowest BCUT2D eigenvalue weighted by molar-refractivity contribution is -0.118. The van der Waals surface area contributed by atoms with Gasteiger partial charge in [0.05, 0.1) is 29.3 Å². The number of carbonyl (C=O) groups is 1. The second-order valence-electron chi connectivity index (χ2n) is 6.10. The lowest BCUT2D eigenvalue weighted by Crippen LogP contribution is -2.39. The highest BCUT2D eigenvalue weighted by Gasteiger charge is 2.19. The third-order valence-electron chi connectivity index (χ3n) is 3.88. The highest BCUT2D eigenvalue weighted by Crippen LogP contribution is 2.22. The minimum absolute atomic E-state index is 0. The zero-order valence-corrected chi connectivity index (χ0v) is 15.1. The van der Waals surface area contributed by atoms with Gasteiger partial charge in [-0.15, -0.1) is 12.4 Å². The predicted octanol–water partition coefficient (Wildman–Crippen LogP) is 3.14. The second kappa shape index (κ2) is 7.62. The van der Waals surface area contributed by atoms with E-state index in [-0.39, 0.29) is 24.2 Å². The van der Waals surface area contributed by atoms with Gasteiger partial charge < -0.3 is 11.1 Å². The number of halogens is 1. The topological polar surface area (TPSA) is 72.9 Å². The van der Waals surface area contributed by atoms with Crippen molar-refractivity contribution >= 4 is 24.0 Å². The minimum atomic E-state index is -0.525. The van der Waals surface area contributed by atoms with E-state index < -0.39 is 6.04 Å². The summed E-state index contributed by atoms with van der Waals surface area (Å²) in [5, 5.41) is 7.27. The van der Waals surface area contributed by atoms with Crippen LogP contribution in [0, 0.1) is 26.7 Å². The molecule has 1 aromatic carbocycles. The molecule has 0 saturated carbocycles. The summed E-state index contributed by atoms with van der Waals surface area (Å²) in [5.41, 5.74) is 10.8. The molecule has 6 heteroatoms. The molecule has 0 saturated heterocycles. The molecule has 5 nitrogen and oxygen atoms in total. The fourth-order valence-corrected chi connectivity index (χ4v) is 2.24. The number of aromatic nitrogens is 2. The van der Waals surface area contributed by atoms with Gasteiger partial charge in [0.1, 0.15) is 0 Å². The molecule has 1 heterocycles. The molecule has 3 N–H and O–H groups in total. The van der Waals surface area contributed by atoms with Crippen molar-refractivity contribution in [2.45, 2.75) is 40.7 Å². The molecule has 1 atom stereocenters. The van der Waals surface area contributed by atoms with Gasteiger partial charge >= 0.3 is 0 Å². The quantitative estimate of drug-likeness (QED) is 0.900. The molecular formula is C17H25ClN4O. The number of nitrogens with one attached hydrogen (secondary N) is 1. The molecule has 0 radical (unpaired) electrons. The van der Waals surface area contributed by atoms with Crippen molar-refractivity contribution in [1.82, 2.24) is 9.78 Å². The van der Waals surface area contributed by atoms with Gasteiger partial charge in [0.25, 0.3) is 0 Å². The number of hydrogen-bond donors (Lipinski definition) is 2. The Morgan fingerprint density at radius 1 is 1.26 bits per heavy atom. The maximum Gasteiger partial charge on any atom is 0.241 e. The van der Waals surface area contributed by atoms with Crippen molar-refractivity contribution in [3.05, 3.63) is 41.2 Å². The van der Waals surface area contributed by atoms with E-state index in [0.717, 1.165) is 16.9 Å². The number of hydrogen-bond acceptors (Lipinski definition) is 3.